The van der Waals surface area contributed by atoms with Crippen LogP contribution in [-0.4, -0.2) is 61.3 Å². The molecule has 0 saturated heterocycles. The summed E-state index contributed by atoms with van der Waals surface area (Å²) in [5, 5.41) is 15.5. The van der Waals surface area contributed by atoms with Crippen molar-refractivity contribution in [2.75, 3.05) is 38.3 Å². The summed E-state index contributed by atoms with van der Waals surface area (Å²) in [6, 6.07) is 0. The van der Waals surface area contributed by atoms with Crippen LogP contribution in [0.1, 0.15) is 47.5 Å². The molecule has 0 rings (SSSR count). The van der Waals surface area contributed by atoms with Crippen molar-refractivity contribution in [3.8, 4) is 0 Å². The number of methoxy groups -OCH3 is 1. The quantitative estimate of drug-likeness (QED) is 0.452. The molecule has 0 saturated carbocycles. The van der Waals surface area contributed by atoms with Gasteiger partial charge in [0.05, 0.1) is 6.61 Å². The summed E-state index contributed by atoms with van der Waals surface area (Å²) in [5.74, 6) is 1.40. The van der Waals surface area contributed by atoms with Crippen LogP contribution in [0, 0.1) is 10.8 Å². The smallest absolute Gasteiger partial charge is 0.249 e. The second kappa shape index (κ2) is 11.8. The van der Waals surface area contributed by atoms with Crippen molar-refractivity contribution >= 4 is 23.6 Å². The van der Waals surface area contributed by atoms with Gasteiger partial charge in [0.15, 0.2) is 0 Å². The molecule has 0 aromatic heterocycles. The van der Waals surface area contributed by atoms with E-state index < -0.39 is 17.4 Å². The molecule has 0 heterocycles. The number of aliphatic hydroxyl groups excluding tert-OH is 1. The van der Waals surface area contributed by atoms with E-state index in [-0.39, 0.29) is 25.5 Å². The second-order valence-electron chi connectivity index (χ2n) is 8.14. The average Bonchev–Trinajstić information content (AvgIpc) is 2.48. The molecule has 0 spiro atoms. The van der Waals surface area contributed by atoms with E-state index in [1.807, 2.05) is 11.8 Å². The Balaban J connectivity index is 3.81. The first-order valence-corrected chi connectivity index (χ1v) is 9.94. The van der Waals surface area contributed by atoms with E-state index in [9.17, 15) is 14.7 Å². The van der Waals surface area contributed by atoms with Gasteiger partial charge in [-0.3, -0.25) is 9.59 Å². The third-order valence-corrected chi connectivity index (χ3v) is 4.71. The van der Waals surface area contributed by atoms with Gasteiger partial charge >= 0.3 is 0 Å². The predicted octanol–water partition coefficient (Wildman–Crippen LogP) is 1.81. The Kier molecular flexibility index (Phi) is 11.4. The van der Waals surface area contributed by atoms with Crippen LogP contribution in [0.25, 0.3) is 0 Å². The first-order valence-electron chi connectivity index (χ1n) is 8.79. The lowest BCUT2D eigenvalue weighted by molar-refractivity contribution is -0.137. The summed E-state index contributed by atoms with van der Waals surface area (Å²) in [4.78, 5) is 23.6. The summed E-state index contributed by atoms with van der Waals surface area (Å²) < 4.78 is 5.01. The highest BCUT2D eigenvalue weighted by atomic mass is 32.2. The van der Waals surface area contributed by atoms with E-state index in [0.29, 0.717) is 12.0 Å². The van der Waals surface area contributed by atoms with Crippen LogP contribution in [0.5, 0.6) is 0 Å². The number of carbonyl (C=O) groups is 2. The van der Waals surface area contributed by atoms with Gasteiger partial charge in [0.25, 0.3) is 0 Å². The summed E-state index contributed by atoms with van der Waals surface area (Å²) in [7, 11) is 1.53. The van der Waals surface area contributed by atoms with Gasteiger partial charge < -0.3 is 20.5 Å². The topological polar surface area (TPSA) is 87.7 Å². The monoisotopic (exact) mass is 376 g/mol. The number of amides is 2. The van der Waals surface area contributed by atoms with Gasteiger partial charge in [0.2, 0.25) is 11.8 Å². The molecule has 25 heavy (non-hydrogen) atoms. The van der Waals surface area contributed by atoms with Crippen LogP contribution in [0.3, 0.4) is 0 Å². The molecule has 0 radical (unpaired) electrons. The van der Waals surface area contributed by atoms with E-state index in [1.54, 1.807) is 13.8 Å². The Morgan fingerprint density at radius 3 is 2.28 bits per heavy atom. The molecular weight excluding hydrogens is 340 g/mol. The van der Waals surface area contributed by atoms with Gasteiger partial charge in [-0.2, -0.15) is 11.8 Å². The van der Waals surface area contributed by atoms with Gasteiger partial charge in [-0.1, -0.05) is 34.6 Å². The Morgan fingerprint density at radius 2 is 1.72 bits per heavy atom. The molecule has 6 nitrogen and oxygen atoms in total. The Morgan fingerprint density at radius 1 is 1.08 bits per heavy atom. The van der Waals surface area contributed by atoms with E-state index in [0.717, 1.165) is 17.9 Å². The predicted molar refractivity (Wildman–Crippen MR) is 104 cm³/mol. The van der Waals surface area contributed by atoms with Crippen LogP contribution < -0.4 is 10.6 Å². The second-order valence-corrected chi connectivity index (χ2v) is 9.36. The fourth-order valence-corrected chi connectivity index (χ4v) is 3.24. The Hall–Kier alpha value is -0.790. The van der Waals surface area contributed by atoms with Crippen molar-refractivity contribution < 1.29 is 19.4 Å². The molecule has 0 fully saturated rings. The minimum atomic E-state index is -1.17. The Labute approximate surface area is 156 Å². The van der Waals surface area contributed by atoms with Gasteiger partial charge in [0, 0.05) is 37.8 Å². The third kappa shape index (κ3) is 12.2. The molecule has 0 bridgehead atoms. The molecule has 0 aromatic rings. The maximum absolute atomic E-state index is 11.9. The molecule has 7 heteroatoms. The number of nitrogens with one attached hydrogen (secondary N) is 2. The van der Waals surface area contributed by atoms with Crippen molar-refractivity contribution in [1.29, 1.82) is 0 Å². The van der Waals surface area contributed by atoms with Crippen molar-refractivity contribution in [2.24, 2.45) is 10.8 Å². The summed E-state index contributed by atoms with van der Waals surface area (Å²) in [6.07, 6.45) is 0.185. The van der Waals surface area contributed by atoms with Crippen LogP contribution in [0.15, 0.2) is 0 Å². The van der Waals surface area contributed by atoms with Crippen molar-refractivity contribution in [3.05, 3.63) is 0 Å². The number of rotatable bonds is 12. The van der Waals surface area contributed by atoms with Crippen LogP contribution >= 0.6 is 11.8 Å². The number of aliphatic hydroxyl groups is 1. The molecule has 0 aliphatic heterocycles. The molecule has 1 atom stereocenters. The van der Waals surface area contributed by atoms with Gasteiger partial charge in [-0.05, 0) is 17.6 Å². The minimum Gasteiger partial charge on any atom is -0.384 e. The van der Waals surface area contributed by atoms with E-state index >= 15 is 0 Å². The molecule has 0 aromatic carbocycles. The molecule has 0 aliphatic rings. The number of thioether (sulfide) groups is 1. The zero-order chi connectivity index (χ0) is 19.5. The van der Waals surface area contributed by atoms with Crippen LogP contribution in [0.4, 0.5) is 0 Å². The lowest BCUT2D eigenvalue weighted by Gasteiger charge is -2.28. The first kappa shape index (κ1) is 24.2. The minimum absolute atomic E-state index is 0.0950. The first-order chi connectivity index (χ1) is 11.5. The lowest BCUT2D eigenvalue weighted by atomic mass is 9.87. The van der Waals surface area contributed by atoms with Crippen molar-refractivity contribution in [1.82, 2.24) is 10.6 Å². The lowest BCUT2D eigenvalue weighted by Crippen LogP contribution is -2.46. The molecule has 148 valence electrons. The third-order valence-electron chi connectivity index (χ3n) is 3.72. The standard InChI is InChI=1S/C18H36N2O4S/c1-17(2,3)8-11-25-12-10-19-14(21)7-9-20-16(23)15(22)18(4,5)13-24-6/h15,22H,7-13H2,1-6H3,(H,19,21)(H,20,23). The zero-order valence-corrected chi connectivity index (χ0v) is 17.4. The molecule has 3 N–H and O–H groups in total. The van der Waals surface area contributed by atoms with E-state index in [2.05, 4.69) is 31.4 Å². The maximum Gasteiger partial charge on any atom is 0.249 e. The van der Waals surface area contributed by atoms with Gasteiger partial charge in [-0.15, -0.1) is 0 Å². The molecule has 2 amide bonds. The highest BCUT2D eigenvalue weighted by molar-refractivity contribution is 7.99. The van der Waals surface area contributed by atoms with Gasteiger partial charge in [0.1, 0.15) is 6.10 Å². The zero-order valence-electron chi connectivity index (χ0n) is 16.6. The molecular formula is C18H36N2O4S. The van der Waals surface area contributed by atoms with E-state index in [1.165, 1.54) is 7.11 Å². The van der Waals surface area contributed by atoms with Crippen LogP contribution in [0.2, 0.25) is 0 Å². The largest absolute Gasteiger partial charge is 0.384 e. The Bertz CT molecular complexity index is 408. The van der Waals surface area contributed by atoms with Crippen molar-refractivity contribution in [2.45, 2.75) is 53.6 Å². The highest BCUT2D eigenvalue weighted by Gasteiger charge is 2.33. The average molecular weight is 377 g/mol. The number of hydrogen-bond acceptors (Lipinski definition) is 5. The van der Waals surface area contributed by atoms with Crippen LogP contribution in [-0.2, 0) is 14.3 Å². The summed E-state index contributed by atoms with van der Waals surface area (Å²) >= 11 is 1.83. The maximum atomic E-state index is 11.9. The number of ether oxygens (including phenoxy) is 1. The van der Waals surface area contributed by atoms with Gasteiger partial charge in [-0.25, -0.2) is 0 Å². The summed E-state index contributed by atoms with van der Waals surface area (Å²) in [5.41, 5.74) is -0.331. The summed E-state index contributed by atoms with van der Waals surface area (Å²) in [6.45, 7) is 11.3. The number of carbonyl (C=O) groups excluding carboxylic acids is 2. The number of hydrogen-bond donors (Lipinski definition) is 3. The highest BCUT2D eigenvalue weighted by Crippen LogP contribution is 2.21. The molecule has 0 aliphatic carbocycles. The fraction of sp³-hybridized carbons (Fsp3) is 0.889. The fourth-order valence-electron chi connectivity index (χ4n) is 2.03. The normalized spacial score (nSPS) is 13.4. The van der Waals surface area contributed by atoms with Crippen molar-refractivity contribution in [3.63, 3.8) is 0 Å². The molecule has 1 unspecified atom stereocenters. The SMILES string of the molecule is COCC(C)(C)C(O)C(=O)NCCC(=O)NCCSCCC(C)(C)C. The van der Waals surface area contributed by atoms with E-state index in [4.69, 9.17) is 4.74 Å².